The van der Waals surface area contributed by atoms with Crippen molar-refractivity contribution in [2.75, 3.05) is 20.8 Å². The van der Waals surface area contributed by atoms with Crippen LogP contribution in [0.5, 0.6) is 17.2 Å². The van der Waals surface area contributed by atoms with Crippen LogP contribution in [-0.4, -0.2) is 37.7 Å². The molecule has 1 heterocycles. The van der Waals surface area contributed by atoms with Gasteiger partial charge < -0.3 is 24.6 Å². The van der Waals surface area contributed by atoms with Crippen molar-refractivity contribution >= 4 is 11.8 Å². The van der Waals surface area contributed by atoms with Gasteiger partial charge in [0.2, 0.25) is 0 Å². The second-order valence-electron chi connectivity index (χ2n) is 8.44. The van der Waals surface area contributed by atoms with Gasteiger partial charge in [-0.2, -0.15) is 0 Å². The Hall–Kier alpha value is -3.74. The third-order valence-electron chi connectivity index (χ3n) is 6.44. The lowest BCUT2D eigenvalue weighted by molar-refractivity contribution is -0.136. The summed E-state index contributed by atoms with van der Waals surface area (Å²) in [6, 6.07) is 12.7. The number of dihydropyridines is 1. The number of ketones is 1. The lowest BCUT2D eigenvalue weighted by atomic mass is 9.71. The van der Waals surface area contributed by atoms with Crippen molar-refractivity contribution in [1.29, 1.82) is 0 Å². The highest BCUT2D eigenvalue weighted by molar-refractivity contribution is 6.04. The molecule has 1 aliphatic heterocycles. The number of hydrogen-bond donors (Lipinski definition) is 2. The number of allylic oxidation sites excluding steroid dienone is 3. The number of aromatic hydroxyl groups is 1. The van der Waals surface area contributed by atoms with Crippen LogP contribution >= 0.6 is 0 Å². The standard InChI is InChI=1S/C27H29NO6/c1-5-34-23-14-17(8-11-21(23)29)25-24(27(31)33-4)15(2)28-20-12-18(13-22(30)26(20)25)16-6-9-19(32-3)10-7-16/h6-11,14,18,25,28-29H,5,12-13H2,1-4H3/t18-,25+/m0/s1. The molecule has 7 heteroatoms. The molecule has 0 saturated heterocycles. The Balaban J connectivity index is 1.79. The number of carbonyl (C=O) groups is 2. The predicted molar refractivity (Wildman–Crippen MR) is 127 cm³/mol. The third kappa shape index (κ3) is 4.25. The summed E-state index contributed by atoms with van der Waals surface area (Å²) >= 11 is 0. The summed E-state index contributed by atoms with van der Waals surface area (Å²) < 4.78 is 15.9. The first-order valence-electron chi connectivity index (χ1n) is 11.3. The molecule has 0 fully saturated rings. The fraction of sp³-hybridized carbons (Fsp3) is 0.333. The van der Waals surface area contributed by atoms with E-state index in [1.54, 1.807) is 19.2 Å². The quantitative estimate of drug-likeness (QED) is 0.616. The minimum absolute atomic E-state index is 0.00333. The van der Waals surface area contributed by atoms with Crippen LogP contribution in [-0.2, 0) is 14.3 Å². The van der Waals surface area contributed by atoms with E-state index in [0.717, 1.165) is 17.0 Å². The number of Topliss-reactive ketones (excluding diaryl/α,β-unsaturated/α-hetero) is 1. The zero-order chi connectivity index (χ0) is 24.4. The summed E-state index contributed by atoms with van der Waals surface area (Å²) in [4.78, 5) is 26.4. The highest BCUT2D eigenvalue weighted by Crippen LogP contribution is 2.47. The topological polar surface area (TPSA) is 94.1 Å². The van der Waals surface area contributed by atoms with Crippen LogP contribution in [0.25, 0.3) is 0 Å². The number of carbonyl (C=O) groups excluding carboxylic acids is 2. The molecule has 7 nitrogen and oxygen atoms in total. The Bertz CT molecular complexity index is 1180. The SMILES string of the molecule is CCOc1cc([C@@H]2C(C(=O)OC)=C(C)NC3=C2C(=O)C[C@@H](c2ccc(OC)cc2)C3)ccc1O. The molecule has 2 N–H and O–H groups in total. The normalized spacial score (nSPS) is 19.9. The number of phenols is 1. The number of benzene rings is 2. The lowest BCUT2D eigenvalue weighted by Gasteiger charge is -2.36. The Morgan fingerprint density at radius 2 is 1.79 bits per heavy atom. The number of ether oxygens (including phenoxy) is 3. The fourth-order valence-electron chi connectivity index (χ4n) is 4.85. The lowest BCUT2D eigenvalue weighted by Crippen LogP contribution is -2.36. The van der Waals surface area contributed by atoms with Crippen molar-refractivity contribution in [3.63, 3.8) is 0 Å². The van der Waals surface area contributed by atoms with Crippen LogP contribution in [0.4, 0.5) is 0 Å². The van der Waals surface area contributed by atoms with Gasteiger partial charge >= 0.3 is 5.97 Å². The number of hydrogen-bond acceptors (Lipinski definition) is 7. The van der Waals surface area contributed by atoms with E-state index in [4.69, 9.17) is 14.2 Å². The zero-order valence-corrected chi connectivity index (χ0v) is 19.8. The Morgan fingerprint density at radius 3 is 2.44 bits per heavy atom. The summed E-state index contributed by atoms with van der Waals surface area (Å²) in [7, 11) is 2.95. The van der Waals surface area contributed by atoms with Gasteiger partial charge in [0.1, 0.15) is 5.75 Å². The van der Waals surface area contributed by atoms with E-state index in [1.165, 1.54) is 13.2 Å². The number of methoxy groups -OCH3 is 2. The molecule has 0 spiro atoms. The van der Waals surface area contributed by atoms with Crippen molar-refractivity contribution in [3.8, 4) is 17.2 Å². The summed E-state index contributed by atoms with van der Waals surface area (Å²) in [6.07, 6.45) is 0.958. The van der Waals surface area contributed by atoms with Crippen LogP contribution in [0.1, 0.15) is 49.7 Å². The summed E-state index contributed by atoms with van der Waals surface area (Å²) in [5.41, 5.74) is 4.13. The zero-order valence-electron chi connectivity index (χ0n) is 19.8. The molecule has 2 aromatic carbocycles. The molecule has 0 aromatic heterocycles. The maximum Gasteiger partial charge on any atom is 0.336 e. The molecule has 0 bridgehead atoms. The molecule has 0 saturated carbocycles. The molecular formula is C27H29NO6. The molecule has 34 heavy (non-hydrogen) atoms. The van der Waals surface area contributed by atoms with Crippen molar-refractivity contribution < 1.29 is 28.9 Å². The van der Waals surface area contributed by atoms with Crippen LogP contribution < -0.4 is 14.8 Å². The summed E-state index contributed by atoms with van der Waals surface area (Å²) in [5.74, 6) is -0.0623. The molecule has 4 rings (SSSR count). The molecule has 2 aliphatic rings. The highest BCUT2D eigenvalue weighted by Gasteiger charge is 2.41. The average Bonchev–Trinajstić information content (AvgIpc) is 2.84. The summed E-state index contributed by atoms with van der Waals surface area (Å²) in [5, 5.41) is 13.5. The van der Waals surface area contributed by atoms with Gasteiger partial charge in [0.25, 0.3) is 0 Å². The average molecular weight is 464 g/mol. The predicted octanol–water partition coefficient (Wildman–Crippen LogP) is 4.33. The number of esters is 1. The fourth-order valence-corrected chi connectivity index (χ4v) is 4.85. The molecule has 0 unspecified atom stereocenters. The van der Waals surface area contributed by atoms with Crippen LogP contribution in [0, 0.1) is 0 Å². The molecule has 178 valence electrons. The highest BCUT2D eigenvalue weighted by atomic mass is 16.5. The van der Waals surface area contributed by atoms with Crippen molar-refractivity contribution in [3.05, 3.63) is 76.1 Å². The maximum absolute atomic E-state index is 13.6. The third-order valence-corrected chi connectivity index (χ3v) is 6.44. The van der Waals surface area contributed by atoms with E-state index in [1.807, 2.05) is 38.1 Å². The first-order valence-corrected chi connectivity index (χ1v) is 11.3. The molecular weight excluding hydrogens is 434 g/mol. The Kier molecular flexibility index (Phi) is 6.63. The van der Waals surface area contributed by atoms with Gasteiger partial charge in [-0.15, -0.1) is 0 Å². The molecule has 2 atom stereocenters. The smallest absolute Gasteiger partial charge is 0.336 e. The van der Waals surface area contributed by atoms with Gasteiger partial charge in [0.05, 0.1) is 26.4 Å². The molecule has 0 amide bonds. The van der Waals surface area contributed by atoms with E-state index in [0.29, 0.717) is 47.6 Å². The summed E-state index contributed by atoms with van der Waals surface area (Å²) in [6.45, 7) is 4.01. The minimum atomic E-state index is -0.618. The molecule has 2 aromatic rings. The molecule has 1 aliphatic carbocycles. The van der Waals surface area contributed by atoms with E-state index < -0.39 is 11.9 Å². The minimum Gasteiger partial charge on any atom is -0.504 e. The van der Waals surface area contributed by atoms with Gasteiger partial charge in [-0.1, -0.05) is 18.2 Å². The number of phenolic OH excluding ortho intramolecular Hbond substituents is 1. The van der Waals surface area contributed by atoms with Crippen molar-refractivity contribution in [2.24, 2.45) is 0 Å². The monoisotopic (exact) mass is 463 g/mol. The van der Waals surface area contributed by atoms with E-state index >= 15 is 0 Å². The number of rotatable bonds is 6. The van der Waals surface area contributed by atoms with Gasteiger partial charge in [0.15, 0.2) is 17.3 Å². The second kappa shape index (κ2) is 9.63. The second-order valence-corrected chi connectivity index (χ2v) is 8.44. The van der Waals surface area contributed by atoms with Crippen LogP contribution in [0.2, 0.25) is 0 Å². The van der Waals surface area contributed by atoms with Gasteiger partial charge in [0, 0.05) is 29.3 Å². The first-order chi connectivity index (χ1) is 16.4. The number of nitrogens with one attached hydrogen (secondary N) is 1. The Morgan fingerprint density at radius 1 is 1.09 bits per heavy atom. The van der Waals surface area contributed by atoms with E-state index in [9.17, 15) is 14.7 Å². The van der Waals surface area contributed by atoms with Crippen LogP contribution in [0.3, 0.4) is 0 Å². The van der Waals surface area contributed by atoms with Gasteiger partial charge in [-0.25, -0.2) is 4.79 Å². The van der Waals surface area contributed by atoms with Crippen molar-refractivity contribution in [2.45, 2.75) is 38.5 Å². The van der Waals surface area contributed by atoms with Gasteiger partial charge in [-0.05, 0) is 61.6 Å². The Labute approximate surface area is 199 Å². The molecule has 0 radical (unpaired) electrons. The largest absolute Gasteiger partial charge is 0.504 e. The van der Waals surface area contributed by atoms with Crippen molar-refractivity contribution in [1.82, 2.24) is 5.32 Å². The van der Waals surface area contributed by atoms with E-state index in [2.05, 4.69) is 5.32 Å². The first kappa shape index (κ1) is 23.4. The van der Waals surface area contributed by atoms with E-state index in [-0.39, 0.29) is 17.5 Å². The maximum atomic E-state index is 13.6. The van der Waals surface area contributed by atoms with Gasteiger partial charge in [-0.3, -0.25) is 4.79 Å². The van der Waals surface area contributed by atoms with Crippen LogP contribution in [0.15, 0.2) is 65.0 Å².